The van der Waals surface area contributed by atoms with Crippen molar-refractivity contribution < 1.29 is 4.79 Å². The molecule has 0 radical (unpaired) electrons. The molecule has 1 atom stereocenters. The molecular formula is C22H25N7O. The number of aryl methyl sites for hydroxylation is 1. The molecule has 3 heterocycles. The largest absolute Gasteiger partial charge is 0.355 e. The Kier molecular flexibility index (Phi) is 5.13. The molecule has 1 saturated heterocycles. The van der Waals surface area contributed by atoms with Gasteiger partial charge in [-0.1, -0.05) is 24.3 Å². The molecule has 3 aromatic rings. The van der Waals surface area contributed by atoms with Crippen LogP contribution in [0, 0.1) is 5.92 Å². The Labute approximate surface area is 175 Å². The summed E-state index contributed by atoms with van der Waals surface area (Å²) in [6.45, 7) is 1.60. The minimum absolute atomic E-state index is 0.0534. The highest BCUT2D eigenvalue weighted by atomic mass is 16.2. The number of hydrogen-bond donors (Lipinski definition) is 1. The summed E-state index contributed by atoms with van der Waals surface area (Å²) in [7, 11) is 0. The molecule has 1 fully saturated rings. The van der Waals surface area contributed by atoms with E-state index in [1.807, 2.05) is 12.1 Å². The molecule has 154 valence electrons. The van der Waals surface area contributed by atoms with Gasteiger partial charge in [0, 0.05) is 19.0 Å². The number of rotatable bonds is 4. The third-order valence-corrected chi connectivity index (χ3v) is 6.17. The van der Waals surface area contributed by atoms with Crippen LogP contribution < -0.4 is 10.2 Å². The highest BCUT2D eigenvalue weighted by Gasteiger charge is 2.29. The zero-order valence-electron chi connectivity index (χ0n) is 16.8. The Morgan fingerprint density at radius 1 is 1.00 bits per heavy atom. The van der Waals surface area contributed by atoms with Crippen LogP contribution in [0.5, 0.6) is 0 Å². The molecule has 0 bridgehead atoms. The Morgan fingerprint density at radius 3 is 2.57 bits per heavy atom. The van der Waals surface area contributed by atoms with Gasteiger partial charge >= 0.3 is 0 Å². The van der Waals surface area contributed by atoms with E-state index in [2.05, 4.69) is 54.8 Å². The van der Waals surface area contributed by atoms with Gasteiger partial charge in [0.25, 0.3) is 0 Å². The third kappa shape index (κ3) is 3.77. The second-order valence-electron chi connectivity index (χ2n) is 8.00. The molecule has 2 aliphatic rings. The molecule has 0 saturated carbocycles. The Bertz CT molecular complexity index is 995. The van der Waals surface area contributed by atoms with Gasteiger partial charge < -0.3 is 10.2 Å². The fourth-order valence-electron chi connectivity index (χ4n) is 4.50. The lowest BCUT2D eigenvalue weighted by Gasteiger charge is -2.33. The standard InChI is InChI=1S/C22H25N7O/c30-22(25-19-7-3-5-16-4-1-2-6-18(16)19)17-10-12-28(13-11-17)20-8-9-21(27-26-20)29-15-23-14-24-29/h1-2,4,6,8-9,14-15,17,19H,3,5,7,10-13H2,(H,25,30)/t19-/m1/s1. The summed E-state index contributed by atoms with van der Waals surface area (Å²) in [5, 5.41) is 16.0. The normalized spacial score (nSPS) is 19.3. The van der Waals surface area contributed by atoms with Gasteiger partial charge in [0.15, 0.2) is 11.6 Å². The van der Waals surface area contributed by atoms with Crippen LogP contribution in [0.15, 0.2) is 49.1 Å². The lowest BCUT2D eigenvalue weighted by molar-refractivity contribution is -0.126. The molecule has 1 aliphatic carbocycles. The highest BCUT2D eigenvalue weighted by molar-refractivity contribution is 5.79. The van der Waals surface area contributed by atoms with Crippen LogP contribution in [0.3, 0.4) is 0 Å². The van der Waals surface area contributed by atoms with E-state index in [9.17, 15) is 4.79 Å². The summed E-state index contributed by atoms with van der Waals surface area (Å²) in [6, 6.07) is 12.5. The molecule has 1 N–H and O–H groups in total. The highest BCUT2D eigenvalue weighted by Crippen LogP contribution is 2.30. The maximum absolute atomic E-state index is 12.9. The van der Waals surface area contributed by atoms with Gasteiger partial charge in [-0.2, -0.15) is 5.10 Å². The van der Waals surface area contributed by atoms with Gasteiger partial charge in [0.2, 0.25) is 5.91 Å². The molecule has 8 nitrogen and oxygen atoms in total. The number of aromatic nitrogens is 5. The average molecular weight is 403 g/mol. The predicted octanol–water partition coefficient (Wildman–Crippen LogP) is 2.47. The van der Waals surface area contributed by atoms with Gasteiger partial charge in [0.1, 0.15) is 12.7 Å². The Hall–Kier alpha value is -3.29. The fourth-order valence-corrected chi connectivity index (χ4v) is 4.50. The number of fused-ring (bicyclic) bond motifs is 1. The van der Waals surface area contributed by atoms with Crippen molar-refractivity contribution in [2.75, 3.05) is 18.0 Å². The van der Waals surface area contributed by atoms with Crippen molar-refractivity contribution in [3.8, 4) is 5.82 Å². The molecule has 2 aromatic heterocycles. The number of anilines is 1. The first kappa shape index (κ1) is 18.7. The van der Waals surface area contributed by atoms with Crippen molar-refractivity contribution in [2.45, 2.75) is 38.1 Å². The number of piperidine rings is 1. The first-order valence-corrected chi connectivity index (χ1v) is 10.6. The number of benzene rings is 1. The number of carbonyl (C=O) groups excluding carboxylic acids is 1. The van der Waals surface area contributed by atoms with E-state index in [4.69, 9.17) is 0 Å². The number of nitrogens with one attached hydrogen (secondary N) is 1. The van der Waals surface area contributed by atoms with E-state index in [1.165, 1.54) is 17.5 Å². The SMILES string of the molecule is O=C(N[C@@H]1CCCc2ccccc21)C1CCN(c2ccc(-n3cncn3)nn2)CC1. The zero-order valence-corrected chi connectivity index (χ0v) is 16.8. The average Bonchev–Trinajstić information content (AvgIpc) is 3.35. The number of carbonyl (C=O) groups is 1. The minimum Gasteiger partial charge on any atom is -0.355 e. The van der Waals surface area contributed by atoms with Crippen molar-refractivity contribution in [1.82, 2.24) is 30.3 Å². The van der Waals surface area contributed by atoms with Crippen LogP contribution in [-0.2, 0) is 11.2 Å². The van der Waals surface area contributed by atoms with Crippen LogP contribution in [0.1, 0.15) is 42.9 Å². The number of amides is 1. The van der Waals surface area contributed by atoms with E-state index < -0.39 is 0 Å². The fraction of sp³-hybridized carbons (Fsp3) is 0.409. The van der Waals surface area contributed by atoms with Crippen molar-refractivity contribution >= 4 is 11.7 Å². The summed E-state index contributed by atoms with van der Waals surface area (Å²) >= 11 is 0. The van der Waals surface area contributed by atoms with Crippen LogP contribution in [-0.4, -0.2) is 44.0 Å². The number of nitrogens with zero attached hydrogens (tertiary/aromatic N) is 6. The van der Waals surface area contributed by atoms with E-state index in [1.54, 1.807) is 11.0 Å². The van der Waals surface area contributed by atoms with Gasteiger partial charge in [-0.3, -0.25) is 4.79 Å². The minimum atomic E-state index is 0.0534. The molecule has 5 rings (SSSR count). The quantitative estimate of drug-likeness (QED) is 0.720. The zero-order chi connectivity index (χ0) is 20.3. The Balaban J connectivity index is 1.18. The third-order valence-electron chi connectivity index (χ3n) is 6.17. The summed E-state index contributed by atoms with van der Waals surface area (Å²) in [6.07, 6.45) is 7.98. The maximum Gasteiger partial charge on any atom is 0.223 e. The molecular weight excluding hydrogens is 378 g/mol. The Morgan fingerprint density at radius 2 is 1.80 bits per heavy atom. The monoisotopic (exact) mass is 403 g/mol. The molecule has 8 heteroatoms. The van der Waals surface area contributed by atoms with Crippen LogP contribution in [0.2, 0.25) is 0 Å². The summed E-state index contributed by atoms with van der Waals surface area (Å²) in [5.74, 6) is 1.71. The number of hydrogen-bond acceptors (Lipinski definition) is 6. The molecule has 30 heavy (non-hydrogen) atoms. The molecule has 0 spiro atoms. The smallest absolute Gasteiger partial charge is 0.223 e. The second-order valence-corrected chi connectivity index (χ2v) is 8.00. The van der Waals surface area contributed by atoms with Crippen LogP contribution in [0.25, 0.3) is 5.82 Å². The van der Waals surface area contributed by atoms with E-state index in [0.29, 0.717) is 5.82 Å². The first-order valence-electron chi connectivity index (χ1n) is 10.6. The second kappa shape index (κ2) is 8.22. The van der Waals surface area contributed by atoms with Gasteiger partial charge in [0.05, 0.1) is 6.04 Å². The van der Waals surface area contributed by atoms with Crippen molar-refractivity contribution in [3.05, 3.63) is 60.2 Å². The van der Waals surface area contributed by atoms with Gasteiger partial charge in [-0.15, -0.1) is 10.2 Å². The molecule has 0 unspecified atom stereocenters. The van der Waals surface area contributed by atoms with Crippen molar-refractivity contribution in [1.29, 1.82) is 0 Å². The summed E-state index contributed by atoms with van der Waals surface area (Å²) in [4.78, 5) is 19.0. The lowest BCUT2D eigenvalue weighted by atomic mass is 9.87. The molecule has 1 amide bonds. The van der Waals surface area contributed by atoms with Crippen LogP contribution >= 0.6 is 0 Å². The maximum atomic E-state index is 12.9. The van der Waals surface area contributed by atoms with Gasteiger partial charge in [-0.05, 0) is 55.4 Å². The molecule has 1 aromatic carbocycles. The molecule has 1 aliphatic heterocycles. The van der Waals surface area contributed by atoms with E-state index in [0.717, 1.165) is 51.0 Å². The predicted molar refractivity (Wildman–Crippen MR) is 112 cm³/mol. The van der Waals surface area contributed by atoms with Gasteiger partial charge in [-0.25, -0.2) is 9.67 Å². The van der Waals surface area contributed by atoms with E-state index in [-0.39, 0.29) is 17.9 Å². The van der Waals surface area contributed by atoms with Crippen LogP contribution in [0.4, 0.5) is 5.82 Å². The van der Waals surface area contributed by atoms with E-state index >= 15 is 0 Å². The topological polar surface area (TPSA) is 88.8 Å². The first-order chi connectivity index (χ1) is 14.8. The summed E-state index contributed by atoms with van der Waals surface area (Å²) < 4.78 is 1.58. The van der Waals surface area contributed by atoms with Crippen molar-refractivity contribution in [2.24, 2.45) is 5.92 Å². The summed E-state index contributed by atoms with van der Waals surface area (Å²) in [5.41, 5.74) is 2.66. The lowest BCUT2D eigenvalue weighted by Crippen LogP contribution is -2.42. The van der Waals surface area contributed by atoms with Crippen molar-refractivity contribution in [3.63, 3.8) is 0 Å².